The molecule has 1 N–H and O–H groups in total. The summed E-state index contributed by atoms with van der Waals surface area (Å²) in [6.07, 6.45) is 1.41. The van der Waals surface area contributed by atoms with Crippen LogP contribution < -0.4 is 5.32 Å². The van der Waals surface area contributed by atoms with E-state index in [1.807, 2.05) is 24.3 Å². The first-order valence-corrected chi connectivity index (χ1v) is 7.05. The van der Waals surface area contributed by atoms with Crippen LogP contribution in [0.15, 0.2) is 24.3 Å². The molecule has 0 aromatic heterocycles. The van der Waals surface area contributed by atoms with Gasteiger partial charge >= 0.3 is 0 Å². The highest BCUT2D eigenvalue weighted by Crippen LogP contribution is 2.29. The topological polar surface area (TPSA) is 49.4 Å². The predicted molar refractivity (Wildman–Crippen MR) is 79.6 cm³/mol. The van der Waals surface area contributed by atoms with Crippen molar-refractivity contribution >= 4 is 17.5 Å². The number of para-hydroxylation sites is 1. The number of rotatable bonds is 3. The van der Waals surface area contributed by atoms with E-state index in [1.54, 1.807) is 4.90 Å². The number of carbonyl (C=O) groups is 2. The van der Waals surface area contributed by atoms with Gasteiger partial charge in [-0.25, -0.2) is 0 Å². The van der Waals surface area contributed by atoms with Gasteiger partial charge in [0, 0.05) is 18.7 Å². The minimum Gasteiger partial charge on any atom is -0.333 e. The smallest absolute Gasteiger partial charge is 0.244 e. The highest BCUT2D eigenvalue weighted by molar-refractivity contribution is 5.95. The number of likely N-dealkylation sites (tertiary alicyclic amines) is 1. The van der Waals surface area contributed by atoms with E-state index < -0.39 is 0 Å². The summed E-state index contributed by atoms with van der Waals surface area (Å²) in [4.78, 5) is 25.2. The fourth-order valence-electron chi connectivity index (χ4n) is 2.48. The van der Waals surface area contributed by atoms with E-state index in [0.29, 0.717) is 13.0 Å². The minimum absolute atomic E-state index is 0.0344. The maximum atomic E-state index is 12.1. The van der Waals surface area contributed by atoms with Gasteiger partial charge in [-0.05, 0) is 23.5 Å². The molecule has 1 aliphatic rings. The fraction of sp³-hybridized carbons (Fsp3) is 0.500. The first-order valence-electron chi connectivity index (χ1n) is 7.05. The van der Waals surface area contributed by atoms with Crippen LogP contribution >= 0.6 is 0 Å². The summed E-state index contributed by atoms with van der Waals surface area (Å²) in [5.74, 6) is -0.0544. The van der Waals surface area contributed by atoms with Crippen LogP contribution in [-0.2, 0) is 15.0 Å². The van der Waals surface area contributed by atoms with Gasteiger partial charge in [0.05, 0.1) is 6.54 Å². The second-order valence-electron chi connectivity index (χ2n) is 6.26. The molecule has 1 aliphatic heterocycles. The number of hydrogen-bond donors (Lipinski definition) is 1. The summed E-state index contributed by atoms with van der Waals surface area (Å²) in [7, 11) is 0. The molecule has 1 fully saturated rings. The molecule has 0 atom stereocenters. The highest BCUT2D eigenvalue weighted by atomic mass is 16.2. The Kier molecular flexibility index (Phi) is 4.12. The van der Waals surface area contributed by atoms with Crippen molar-refractivity contribution in [1.82, 2.24) is 4.90 Å². The van der Waals surface area contributed by atoms with E-state index in [0.717, 1.165) is 17.7 Å². The average Bonchev–Trinajstić information content (AvgIpc) is 2.74. The first kappa shape index (κ1) is 14.6. The Morgan fingerprint density at radius 3 is 2.60 bits per heavy atom. The van der Waals surface area contributed by atoms with Crippen LogP contribution in [0.25, 0.3) is 0 Å². The monoisotopic (exact) mass is 274 g/mol. The summed E-state index contributed by atoms with van der Waals surface area (Å²) in [6.45, 7) is 7.18. The van der Waals surface area contributed by atoms with E-state index in [9.17, 15) is 9.59 Å². The summed E-state index contributed by atoms with van der Waals surface area (Å²) < 4.78 is 0. The molecule has 0 unspecified atom stereocenters. The molecule has 0 radical (unpaired) electrons. The summed E-state index contributed by atoms with van der Waals surface area (Å²) in [5, 5.41) is 2.93. The molecule has 1 saturated heterocycles. The number of nitrogens with zero attached hydrogens (tertiary/aromatic N) is 1. The lowest BCUT2D eigenvalue weighted by Gasteiger charge is -2.23. The van der Waals surface area contributed by atoms with Gasteiger partial charge in [0.15, 0.2) is 0 Å². The van der Waals surface area contributed by atoms with E-state index >= 15 is 0 Å². The average molecular weight is 274 g/mol. The quantitative estimate of drug-likeness (QED) is 0.921. The maximum absolute atomic E-state index is 12.1. The molecule has 1 aromatic carbocycles. The zero-order chi connectivity index (χ0) is 14.8. The van der Waals surface area contributed by atoms with Crippen molar-refractivity contribution in [1.29, 1.82) is 0 Å². The SMILES string of the molecule is CC(C)(C)c1ccccc1NC(=O)CN1CCCC1=O. The standard InChI is InChI=1S/C16H22N2O2/c1-16(2,3)12-7-4-5-8-13(12)17-14(19)11-18-10-6-9-15(18)20/h4-5,7-8H,6,9-11H2,1-3H3,(H,17,19). The normalized spacial score (nSPS) is 15.6. The second kappa shape index (κ2) is 5.65. The molecule has 1 aromatic rings. The molecule has 0 bridgehead atoms. The predicted octanol–water partition coefficient (Wildman–Crippen LogP) is 2.55. The molecule has 4 heteroatoms. The summed E-state index contributed by atoms with van der Waals surface area (Å²) >= 11 is 0. The van der Waals surface area contributed by atoms with Crippen LogP contribution in [-0.4, -0.2) is 29.8 Å². The molecule has 4 nitrogen and oxygen atoms in total. The molecule has 0 spiro atoms. The minimum atomic E-state index is -0.128. The maximum Gasteiger partial charge on any atom is 0.244 e. The lowest BCUT2D eigenvalue weighted by Crippen LogP contribution is -2.34. The lowest BCUT2D eigenvalue weighted by molar-refractivity contribution is -0.131. The molecule has 108 valence electrons. The number of nitrogens with one attached hydrogen (secondary N) is 1. The third kappa shape index (κ3) is 3.38. The van der Waals surface area contributed by atoms with Gasteiger partial charge in [-0.2, -0.15) is 0 Å². The van der Waals surface area contributed by atoms with Crippen LogP contribution in [0.1, 0.15) is 39.2 Å². The summed E-state index contributed by atoms with van der Waals surface area (Å²) in [6, 6.07) is 7.81. The van der Waals surface area contributed by atoms with Crippen molar-refractivity contribution in [3.05, 3.63) is 29.8 Å². The van der Waals surface area contributed by atoms with E-state index in [1.165, 1.54) is 0 Å². The van der Waals surface area contributed by atoms with Crippen molar-refractivity contribution in [2.45, 2.75) is 39.0 Å². The highest BCUT2D eigenvalue weighted by Gasteiger charge is 2.23. The van der Waals surface area contributed by atoms with Crippen LogP contribution in [0.3, 0.4) is 0 Å². The lowest BCUT2D eigenvalue weighted by atomic mass is 9.86. The molecule has 0 saturated carbocycles. The van der Waals surface area contributed by atoms with Gasteiger partial charge in [0.25, 0.3) is 0 Å². The van der Waals surface area contributed by atoms with Crippen LogP contribution in [0, 0.1) is 0 Å². The second-order valence-corrected chi connectivity index (χ2v) is 6.26. The fourth-order valence-corrected chi connectivity index (χ4v) is 2.48. The molecule has 1 heterocycles. The number of carbonyl (C=O) groups excluding carboxylic acids is 2. The van der Waals surface area contributed by atoms with Crippen molar-refractivity contribution in [3.8, 4) is 0 Å². The molecular formula is C16H22N2O2. The van der Waals surface area contributed by atoms with Crippen molar-refractivity contribution in [2.24, 2.45) is 0 Å². The number of benzene rings is 1. The van der Waals surface area contributed by atoms with Crippen molar-refractivity contribution in [3.63, 3.8) is 0 Å². The van der Waals surface area contributed by atoms with Gasteiger partial charge in [-0.3, -0.25) is 9.59 Å². The Balaban J connectivity index is 2.06. The first-order chi connectivity index (χ1) is 9.38. The largest absolute Gasteiger partial charge is 0.333 e. The van der Waals surface area contributed by atoms with Gasteiger partial charge in [0.1, 0.15) is 0 Å². The van der Waals surface area contributed by atoms with E-state index in [2.05, 4.69) is 26.1 Å². The van der Waals surface area contributed by atoms with Crippen molar-refractivity contribution < 1.29 is 9.59 Å². The van der Waals surface area contributed by atoms with Crippen molar-refractivity contribution in [2.75, 3.05) is 18.4 Å². The zero-order valence-electron chi connectivity index (χ0n) is 12.4. The number of amides is 2. The van der Waals surface area contributed by atoms with Gasteiger partial charge in [-0.15, -0.1) is 0 Å². The third-order valence-electron chi connectivity index (χ3n) is 3.52. The van der Waals surface area contributed by atoms with Crippen LogP contribution in [0.2, 0.25) is 0 Å². The number of hydrogen-bond acceptors (Lipinski definition) is 2. The molecule has 2 amide bonds. The van der Waals surface area contributed by atoms with E-state index in [-0.39, 0.29) is 23.8 Å². The van der Waals surface area contributed by atoms with Crippen LogP contribution in [0.4, 0.5) is 5.69 Å². The van der Waals surface area contributed by atoms with Gasteiger partial charge < -0.3 is 10.2 Å². The van der Waals surface area contributed by atoms with Crippen LogP contribution in [0.5, 0.6) is 0 Å². The van der Waals surface area contributed by atoms with E-state index in [4.69, 9.17) is 0 Å². The summed E-state index contributed by atoms with van der Waals surface area (Å²) in [5.41, 5.74) is 1.89. The molecule has 20 heavy (non-hydrogen) atoms. The molecule has 2 rings (SSSR count). The zero-order valence-corrected chi connectivity index (χ0v) is 12.4. The Labute approximate surface area is 120 Å². The Hall–Kier alpha value is -1.84. The van der Waals surface area contributed by atoms with Gasteiger partial charge in [0.2, 0.25) is 11.8 Å². The molecular weight excluding hydrogens is 252 g/mol. The molecule has 0 aliphatic carbocycles. The number of anilines is 1. The Morgan fingerprint density at radius 1 is 1.30 bits per heavy atom. The Bertz CT molecular complexity index is 517. The Morgan fingerprint density at radius 2 is 2.00 bits per heavy atom. The third-order valence-corrected chi connectivity index (χ3v) is 3.52. The van der Waals surface area contributed by atoms with Gasteiger partial charge in [-0.1, -0.05) is 39.0 Å².